The number of likely N-dealkylation sites (N-methyl/N-ethyl adjacent to an activating group) is 1. The van der Waals surface area contributed by atoms with Gasteiger partial charge in [-0.25, -0.2) is 17.8 Å². The molecule has 4 heterocycles. The number of pyridine rings is 2. The third kappa shape index (κ3) is 5.62. The molecule has 0 unspecified atom stereocenters. The summed E-state index contributed by atoms with van der Waals surface area (Å²) in [6.45, 7) is 5.91. The minimum absolute atomic E-state index is 0.00506. The summed E-state index contributed by atoms with van der Waals surface area (Å²) in [6, 6.07) is 5.13. The topological polar surface area (TPSA) is 137 Å². The van der Waals surface area contributed by atoms with Crippen molar-refractivity contribution in [1.29, 1.82) is 0 Å². The van der Waals surface area contributed by atoms with Crippen molar-refractivity contribution in [3.8, 4) is 17.0 Å². The molecule has 44 heavy (non-hydrogen) atoms. The van der Waals surface area contributed by atoms with Crippen molar-refractivity contribution in [3.05, 3.63) is 42.0 Å². The highest BCUT2D eigenvalue weighted by Gasteiger charge is 2.59. The fourth-order valence-corrected chi connectivity index (χ4v) is 7.37. The smallest absolute Gasteiger partial charge is 0.240 e. The summed E-state index contributed by atoms with van der Waals surface area (Å²) in [6.07, 6.45) is 7.17. The Morgan fingerprint density at radius 2 is 1.86 bits per heavy atom. The van der Waals surface area contributed by atoms with Crippen LogP contribution >= 0.6 is 0 Å². The SMILES string of the molecule is CC(C)NCCOc1ncc(-c2cc3c4c(cnc3cc2F)N(C)C(=O)C42CN([C@H]3CC[C@@H](O)CC3)C2)cc1NS(C)(=O)=O. The van der Waals surface area contributed by atoms with Crippen LogP contribution in [0.1, 0.15) is 45.1 Å². The van der Waals surface area contributed by atoms with Gasteiger partial charge in [0.2, 0.25) is 21.8 Å². The number of aliphatic hydroxyl groups excluding tert-OH is 1. The number of benzene rings is 1. The zero-order chi connectivity index (χ0) is 31.4. The Bertz CT molecular complexity index is 1700. The fraction of sp³-hybridized carbons (Fsp3) is 0.516. The van der Waals surface area contributed by atoms with E-state index in [1.54, 1.807) is 24.2 Å². The molecule has 1 saturated heterocycles. The Balaban J connectivity index is 1.37. The number of anilines is 2. The molecule has 0 atom stereocenters. The molecule has 3 aliphatic rings. The van der Waals surface area contributed by atoms with Crippen LogP contribution in [0, 0.1) is 5.82 Å². The van der Waals surface area contributed by atoms with Crippen molar-refractivity contribution in [2.45, 2.75) is 63.1 Å². The van der Waals surface area contributed by atoms with Crippen LogP contribution in [-0.4, -0.2) is 92.0 Å². The molecule has 2 fully saturated rings. The first-order valence-corrected chi connectivity index (χ1v) is 16.9. The molecule has 1 amide bonds. The van der Waals surface area contributed by atoms with Crippen molar-refractivity contribution < 1.29 is 27.4 Å². The summed E-state index contributed by atoms with van der Waals surface area (Å²) in [5.41, 5.74) is 1.87. The van der Waals surface area contributed by atoms with Gasteiger partial charge in [0.15, 0.2) is 0 Å². The van der Waals surface area contributed by atoms with Crippen LogP contribution in [-0.2, 0) is 20.2 Å². The second-order valence-electron chi connectivity index (χ2n) is 12.6. The van der Waals surface area contributed by atoms with Gasteiger partial charge in [-0.15, -0.1) is 0 Å². The Morgan fingerprint density at radius 1 is 1.14 bits per heavy atom. The summed E-state index contributed by atoms with van der Waals surface area (Å²) in [5, 5.41) is 13.9. The number of halogens is 1. The average molecular weight is 627 g/mol. The van der Waals surface area contributed by atoms with E-state index in [-0.39, 0.29) is 41.8 Å². The van der Waals surface area contributed by atoms with Gasteiger partial charge < -0.3 is 20.1 Å². The number of carbonyl (C=O) groups excluding carboxylic acids is 1. The molecular weight excluding hydrogens is 587 g/mol. The Kier molecular flexibility index (Phi) is 8.02. The lowest BCUT2D eigenvalue weighted by atomic mass is 9.71. The Hall–Kier alpha value is -3.39. The van der Waals surface area contributed by atoms with Gasteiger partial charge in [0.25, 0.3) is 0 Å². The van der Waals surface area contributed by atoms with E-state index in [2.05, 4.69) is 24.9 Å². The minimum Gasteiger partial charge on any atom is -0.475 e. The molecule has 0 radical (unpaired) electrons. The Morgan fingerprint density at radius 3 is 2.55 bits per heavy atom. The Labute approximate surface area is 256 Å². The quantitative estimate of drug-likeness (QED) is 0.306. The van der Waals surface area contributed by atoms with Gasteiger partial charge in [0.05, 0.1) is 29.8 Å². The number of amides is 1. The van der Waals surface area contributed by atoms with Crippen molar-refractivity contribution in [3.63, 3.8) is 0 Å². The number of aliphatic hydroxyl groups is 1. The maximum Gasteiger partial charge on any atom is 0.240 e. The van der Waals surface area contributed by atoms with Crippen LogP contribution in [0.2, 0.25) is 0 Å². The van der Waals surface area contributed by atoms with Gasteiger partial charge in [-0.3, -0.25) is 19.4 Å². The molecule has 1 aromatic carbocycles. The number of ether oxygens (including phenoxy) is 1. The van der Waals surface area contributed by atoms with Crippen molar-refractivity contribution in [2.75, 3.05) is 49.2 Å². The first-order valence-electron chi connectivity index (χ1n) is 15.0. The number of rotatable bonds is 9. The lowest BCUT2D eigenvalue weighted by Gasteiger charge is -2.51. The molecule has 1 spiro atoms. The van der Waals surface area contributed by atoms with E-state index in [4.69, 9.17) is 4.74 Å². The van der Waals surface area contributed by atoms with Gasteiger partial charge in [0.1, 0.15) is 23.5 Å². The van der Waals surface area contributed by atoms with Crippen LogP contribution in [0.4, 0.5) is 15.8 Å². The zero-order valence-corrected chi connectivity index (χ0v) is 26.2. The largest absolute Gasteiger partial charge is 0.475 e. The van der Waals surface area contributed by atoms with E-state index in [1.165, 1.54) is 18.3 Å². The average Bonchev–Trinajstić information content (AvgIpc) is 3.17. The van der Waals surface area contributed by atoms with Crippen LogP contribution < -0.4 is 19.7 Å². The summed E-state index contributed by atoms with van der Waals surface area (Å²) in [5.74, 6) is -0.464. The van der Waals surface area contributed by atoms with E-state index < -0.39 is 21.3 Å². The van der Waals surface area contributed by atoms with Crippen LogP contribution in [0.25, 0.3) is 22.0 Å². The van der Waals surface area contributed by atoms with E-state index in [1.807, 2.05) is 13.8 Å². The van der Waals surface area contributed by atoms with Crippen LogP contribution in [0.3, 0.4) is 0 Å². The van der Waals surface area contributed by atoms with Gasteiger partial charge in [-0.2, -0.15) is 0 Å². The molecular formula is C31H39FN6O5S. The minimum atomic E-state index is -3.69. The molecule has 3 aromatic rings. The second-order valence-corrected chi connectivity index (χ2v) is 14.3. The summed E-state index contributed by atoms with van der Waals surface area (Å²) in [4.78, 5) is 26.6. The van der Waals surface area contributed by atoms with Crippen molar-refractivity contribution in [1.82, 2.24) is 20.2 Å². The van der Waals surface area contributed by atoms with E-state index >= 15 is 4.39 Å². The zero-order valence-electron chi connectivity index (χ0n) is 25.4. The number of nitrogens with zero attached hydrogens (tertiary/aromatic N) is 4. The maximum atomic E-state index is 15.7. The molecule has 3 N–H and O–H groups in total. The lowest BCUT2D eigenvalue weighted by molar-refractivity contribution is -0.131. The van der Waals surface area contributed by atoms with Crippen LogP contribution in [0.5, 0.6) is 5.88 Å². The second kappa shape index (κ2) is 11.5. The number of fused-ring (bicyclic) bond motifs is 4. The van der Waals surface area contributed by atoms with Crippen molar-refractivity contribution in [2.24, 2.45) is 0 Å². The summed E-state index contributed by atoms with van der Waals surface area (Å²) < 4.78 is 48.2. The summed E-state index contributed by atoms with van der Waals surface area (Å²) in [7, 11) is -1.94. The molecule has 11 nitrogen and oxygen atoms in total. The van der Waals surface area contributed by atoms with Gasteiger partial charge >= 0.3 is 0 Å². The third-order valence-electron chi connectivity index (χ3n) is 8.97. The first-order chi connectivity index (χ1) is 20.9. The van der Waals surface area contributed by atoms with Gasteiger partial charge in [0, 0.05) is 73.1 Å². The molecule has 1 saturated carbocycles. The molecule has 13 heteroatoms. The molecule has 1 aliphatic carbocycles. The number of carbonyl (C=O) groups is 1. The van der Waals surface area contributed by atoms with Crippen molar-refractivity contribution >= 4 is 38.2 Å². The molecule has 6 rings (SSSR count). The third-order valence-corrected chi connectivity index (χ3v) is 9.56. The molecule has 236 valence electrons. The predicted octanol–water partition coefficient (Wildman–Crippen LogP) is 3.02. The van der Waals surface area contributed by atoms with Gasteiger partial charge in [-0.05, 0) is 37.8 Å². The van der Waals surface area contributed by atoms with Crippen LogP contribution in [0.15, 0.2) is 30.6 Å². The number of aromatic nitrogens is 2. The fourth-order valence-electron chi connectivity index (χ4n) is 6.82. The number of likely N-dealkylation sites (tertiary alicyclic amines) is 1. The predicted molar refractivity (Wildman–Crippen MR) is 167 cm³/mol. The standard InChI is InChI=1S/C31H39FN6O5S/c1-18(2)33-9-10-43-29-26(36-44(4,41)42)11-19(14-35-29)22-12-23-25(13-24(22)32)34-15-27-28(23)31(30(40)37(27)3)16-38(17-31)20-5-7-21(39)8-6-20/h11-15,18,20-21,33,36,39H,5-10,16-17H2,1-4H3/t20-,21+. The summed E-state index contributed by atoms with van der Waals surface area (Å²) >= 11 is 0. The lowest BCUT2D eigenvalue weighted by Crippen LogP contribution is -2.66. The maximum absolute atomic E-state index is 15.7. The highest BCUT2D eigenvalue weighted by Crippen LogP contribution is 2.51. The monoisotopic (exact) mass is 626 g/mol. The van der Waals surface area contributed by atoms with E-state index in [0.717, 1.165) is 37.5 Å². The molecule has 0 bridgehead atoms. The first kappa shape index (κ1) is 30.6. The number of sulfonamides is 1. The number of hydrogen-bond donors (Lipinski definition) is 3. The number of hydrogen-bond acceptors (Lipinski definition) is 9. The normalized spacial score (nSPS) is 21.6. The molecule has 2 aromatic heterocycles. The highest BCUT2D eigenvalue weighted by atomic mass is 32.2. The van der Waals surface area contributed by atoms with E-state index in [0.29, 0.717) is 47.8 Å². The number of nitrogens with one attached hydrogen (secondary N) is 2. The highest BCUT2D eigenvalue weighted by molar-refractivity contribution is 7.92. The molecule has 2 aliphatic heterocycles. The van der Waals surface area contributed by atoms with E-state index in [9.17, 15) is 18.3 Å². The van der Waals surface area contributed by atoms with Gasteiger partial charge in [-0.1, -0.05) is 13.8 Å².